The number of hydrogen-bond acceptors (Lipinski definition) is 4. The van der Waals surface area contributed by atoms with Crippen molar-refractivity contribution in [3.05, 3.63) is 24.3 Å². The molecule has 2 aliphatic rings. The molecule has 1 aromatic rings. The Morgan fingerprint density at radius 1 is 1.22 bits per heavy atom. The van der Waals surface area contributed by atoms with Gasteiger partial charge in [-0.3, -0.25) is 0 Å². The highest BCUT2D eigenvalue weighted by Gasteiger charge is 2.19. The molecule has 0 radical (unpaired) electrons. The molecule has 2 heterocycles. The second-order valence-electron chi connectivity index (χ2n) is 4.82. The van der Waals surface area contributed by atoms with Gasteiger partial charge in [-0.15, -0.1) is 0 Å². The van der Waals surface area contributed by atoms with E-state index in [1.807, 2.05) is 11.8 Å². The molecule has 2 saturated heterocycles. The molecule has 0 saturated carbocycles. The molecule has 3 rings (SSSR count). The Kier molecular flexibility index (Phi) is 3.96. The molecule has 1 aromatic carbocycles. The molecule has 18 heavy (non-hydrogen) atoms. The first-order chi connectivity index (χ1) is 8.93. The van der Waals surface area contributed by atoms with E-state index in [-0.39, 0.29) is 0 Å². The number of anilines is 2. The Labute approximate surface area is 113 Å². The monoisotopic (exact) mass is 264 g/mol. The van der Waals surface area contributed by atoms with Crippen molar-refractivity contribution in [2.75, 3.05) is 48.0 Å². The van der Waals surface area contributed by atoms with E-state index in [1.165, 1.54) is 29.3 Å². The van der Waals surface area contributed by atoms with E-state index in [1.54, 1.807) is 0 Å². The van der Waals surface area contributed by atoms with Crippen molar-refractivity contribution >= 4 is 23.1 Å². The molecule has 0 spiro atoms. The summed E-state index contributed by atoms with van der Waals surface area (Å²) in [4.78, 5) is 2.42. The highest BCUT2D eigenvalue weighted by atomic mass is 32.2. The van der Waals surface area contributed by atoms with Gasteiger partial charge in [-0.25, -0.2) is 0 Å². The lowest BCUT2D eigenvalue weighted by molar-refractivity contribution is 0.123. The van der Waals surface area contributed by atoms with Crippen LogP contribution in [0.2, 0.25) is 0 Å². The lowest BCUT2D eigenvalue weighted by atomic mass is 10.2. The summed E-state index contributed by atoms with van der Waals surface area (Å²) in [5, 5.41) is 3.70. The van der Waals surface area contributed by atoms with Crippen LogP contribution in [0.15, 0.2) is 24.3 Å². The topological polar surface area (TPSA) is 24.5 Å². The summed E-state index contributed by atoms with van der Waals surface area (Å²) in [5.74, 6) is 2.52. The van der Waals surface area contributed by atoms with Gasteiger partial charge in [0.1, 0.15) is 0 Å². The molecule has 0 amide bonds. The highest BCUT2D eigenvalue weighted by molar-refractivity contribution is 7.99. The van der Waals surface area contributed by atoms with Crippen LogP contribution in [0.4, 0.5) is 11.4 Å². The van der Waals surface area contributed by atoms with Crippen LogP contribution in [0, 0.1) is 0 Å². The van der Waals surface area contributed by atoms with Gasteiger partial charge in [0, 0.05) is 24.9 Å². The molecular weight excluding hydrogens is 244 g/mol. The van der Waals surface area contributed by atoms with Crippen molar-refractivity contribution in [2.24, 2.45) is 0 Å². The fraction of sp³-hybridized carbons (Fsp3) is 0.571. The van der Waals surface area contributed by atoms with Gasteiger partial charge in [0.05, 0.1) is 24.6 Å². The first kappa shape index (κ1) is 12.2. The maximum Gasteiger partial charge on any atom is 0.0642 e. The zero-order chi connectivity index (χ0) is 12.2. The van der Waals surface area contributed by atoms with Crippen LogP contribution in [-0.2, 0) is 4.74 Å². The number of benzene rings is 1. The molecular formula is C14H20N2OS. The molecule has 98 valence electrons. The van der Waals surface area contributed by atoms with Crippen LogP contribution in [0.25, 0.3) is 0 Å². The van der Waals surface area contributed by atoms with E-state index < -0.39 is 0 Å². The van der Waals surface area contributed by atoms with Crippen LogP contribution >= 0.6 is 11.8 Å². The molecule has 4 heteroatoms. The summed E-state index contributed by atoms with van der Waals surface area (Å²) in [7, 11) is 0. The number of morpholine rings is 1. The number of nitrogens with zero attached hydrogens (tertiary/aromatic N) is 1. The van der Waals surface area contributed by atoms with E-state index in [0.29, 0.717) is 6.04 Å². The van der Waals surface area contributed by atoms with Gasteiger partial charge in [0.15, 0.2) is 0 Å². The van der Waals surface area contributed by atoms with Crippen LogP contribution in [0.3, 0.4) is 0 Å². The molecule has 0 aromatic heterocycles. The van der Waals surface area contributed by atoms with Gasteiger partial charge in [-0.05, 0) is 24.3 Å². The van der Waals surface area contributed by atoms with E-state index in [4.69, 9.17) is 4.74 Å². The SMILES string of the molecule is c1ccc(N2CCOCC2)c(NC2CCSC2)c1. The third-order valence-electron chi connectivity index (χ3n) is 3.55. The largest absolute Gasteiger partial charge is 0.380 e. The van der Waals surface area contributed by atoms with E-state index in [9.17, 15) is 0 Å². The minimum atomic E-state index is 0.636. The Morgan fingerprint density at radius 2 is 2.06 bits per heavy atom. The molecule has 1 unspecified atom stereocenters. The minimum absolute atomic E-state index is 0.636. The van der Waals surface area contributed by atoms with Gasteiger partial charge in [-0.2, -0.15) is 11.8 Å². The van der Waals surface area contributed by atoms with Gasteiger partial charge in [0.25, 0.3) is 0 Å². The second-order valence-corrected chi connectivity index (χ2v) is 5.97. The summed E-state index contributed by atoms with van der Waals surface area (Å²) < 4.78 is 5.43. The van der Waals surface area contributed by atoms with Crippen molar-refractivity contribution < 1.29 is 4.74 Å². The highest BCUT2D eigenvalue weighted by Crippen LogP contribution is 2.29. The Balaban J connectivity index is 1.75. The van der Waals surface area contributed by atoms with E-state index >= 15 is 0 Å². The van der Waals surface area contributed by atoms with Crippen molar-refractivity contribution in [3.63, 3.8) is 0 Å². The van der Waals surface area contributed by atoms with Crippen LogP contribution in [-0.4, -0.2) is 43.9 Å². The second kappa shape index (κ2) is 5.85. The van der Waals surface area contributed by atoms with Gasteiger partial charge >= 0.3 is 0 Å². The maximum absolute atomic E-state index is 5.43. The number of rotatable bonds is 3. The summed E-state index contributed by atoms with van der Waals surface area (Å²) in [6.07, 6.45) is 1.28. The molecule has 0 bridgehead atoms. The van der Waals surface area contributed by atoms with E-state index in [2.05, 4.69) is 34.5 Å². The normalized spacial score (nSPS) is 24.2. The lowest BCUT2D eigenvalue weighted by Crippen LogP contribution is -2.37. The molecule has 2 fully saturated rings. The van der Waals surface area contributed by atoms with Crippen molar-refractivity contribution in [2.45, 2.75) is 12.5 Å². The number of thioether (sulfide) groups is 1. The van der Waals surface area contributed by atoms with Crippen LogP contribution < -0.4 is 10.2 Å². The predicted octanol–water partition coefficient (Wildman–Crippen LogP) is 2.44. The fourth-order valence-corrected chi connectivity index (χ4v) is 3.70. The standard InChI is InChI=1S/C14H20N2OS/c1-2-4-14(16-6-8-17-9-7-16)13(3-1)15-12-5-10-18-11-12/h1-4,12,15H,5-11H2. The first-order valence-corrected chi connectivity index (χ1v) is 7.85. The average molecular weight is 264 g/mol. The molecule has 1 N–H and O–H groups in total. The smallest absolute Gasteiger partial charge is 0.0642 e. The zero-order valence-corrected chi connectivity index (χ0v) is 11.4. The van der Waals surface area contributed by atoms with Gasteiger partial charge in [-0.1, -0.05) is 12.1 Å². The van der Waals surface area contributed by atoms with Crippen molar-refractivity contribution in [3.8, 4) is 0 Å². The average Bonchev–Trinajstić information content (AvgIpc) is 2.93. The fourth-order valence-electron chi connectivity index (χ4n) is 2.54. The van der Waals surface area contributed by atoms with Gasteiger partial charge in [0.2, 0.25) is 0 Å². The number of ether oxygens (including phenoxy) is 1. The summed E-state index contributed by atoms with van der Waals surface area (Å²) in [5.41, 5.74) is 2.62. The number of para-hydroxylation sites is 2. The number of hydrogen-bond donors (Lipinski definition) is 1. The third-order valence-corrected chi connectivity index (χ3v) is 4.71. The molecule has 0 aliphatic carbocycles. The van der Waals surface area contributed by atoms with Crippen molar-refractivity contribution in [1.29, 1.82) is 0 Å². The van der Waals surface area contributed by atoms with Crippen LogP contribution in [0.1, 0.15) is 6.42 Å². The Bertz CT molecular complexity index is 387. The molecule has 1 atom stereocenters. The lowest BCUT2D eigenvalue weighted by Gasteiger charge is -2.31. The van der Waals surface area contributed by atoms with Gasteiger partial charge < -0.3 is 15.0 Å². The first-order valence-electron chi connectivity index (χ1n) is 6.69. The van der Waals surface area contributed by atoms with Crippen molar-refractivity contribution in [1.82, 2.24) is 0 Å². The molecule has 3 nitrogen and oxygen atoms in total. The quantitative estimate of drug-likeness (QED) is 0.906. The third kappa shape index (κ3) is 2.75. The van der Waals surface area contributed by atoms with Crippen LogP contribution in [0.5, 0.6) is 0 Å². The van der Waals surface area contributed by atoms with E-state index in [0.717, 1.165) is 26.3 Å². The summed E-state index contributed by atoms with van der Waals surface area (Å²) >= 11 is 2.05. The predicted molar refractivity (Wildman–Crippen MR) is 78.8 cm³/mol. The molecule has 2 aliphatic heterocycles. The minimum Gasteiger partial charge on any atom is -0.380 e. The Morgan fingerprint density at radius 3 is 2.83 bits per heavy atom. The Hall–Kier alpha value is -0.870. The maximum atomic E-state index is 5.43. The summed E-state index contributed by atoms with van der Waals surface area (Å²) in [6.45, 7) is 3.68. The number of nitrogens with one attached hydrogen (secondary N) is 1. The summed E-state index contributed by atoms with van der Waals surface area (Å²) in [6, 6.07) is 9.30. The zero-order valence-electron chi connectivity index (χ0n) is 10.6.